The fourth-order valence-electron chi connectivity index (χ4n) is 7.94. The largest absolute Gasteiger partial charge is 0.394 e. The van der Waals surface area contributed by atoms with Gasteiger partial charge in [-0.3, -0.25) is 4.79 Å². The van der Waals surface area contributed by atoms with Gasteiger partial charge in [0.2, 0.25) is 5.91 Å². The highest BCUT2D eigenvalue weighted by molar-refractivity contribution is 5.76. The second kappa shape index (κ2) is 32.7. The first-order chi connectivity index (χ1) is 28.1. The molecule has 0 aromatic rings. The molecule has 0 aromatic heterocycles. The summed E-state index contributed by atoms with van der Waals surface area (Å²) in [6.45, 7) is 2.80. The first-order valence-corrected chi connectivity index (χ1v) is 23.3. The Morgan fingerprint density at radius 1 is 0.552 bits per heavy atom. The van der Waals surface area contributed by atoms with E-state index in [0.717, 1.165) is 51.4 Å². The summed E-state index contributed by atoms with van der Waals surface area (Å²) in [7, 11) is 0. The van der Waals surface area contributed by atoms with E-state index in [4.69, 9.17) is 18.9 Å². The molecule has 2 aliphatic rings. The number of aliphatic hydroxyl groups is 8. The van der Waals surface area contributed by atoms with Crippen LogP contribution in [-0.2, 0) is 23.7 Å². The highest BCUT2D eigenvalue weighted by Gasteiger charge is 2.51. The quantitative estimate of drug-likeness (QED) is 0.0397. The lowest BCUT2D eigenvalue weighted by Gasteiger charge is -2.46. The third kappa shape index (κ3) is 20.7. The van der Waals surface area contributed by atoms with Crippen LogP contribution in [0.15, 0.2) is 0 Å². The summed E-state index contributed by atoms with van der Waals surface area (Å²) in [6, 6.07) is -0.818. The van der Waals surface area contributed by atoms with Crippen molar-refractivity contribution in [2.75, 3.05) is 19.8 Å². The molecule has 0 saturated carbocycles. The van der Waals surface area contributed by atoms with Crippen LogP contribution in [-0.4, -0.2) is 140 Å². The molecule has 14 heteroatoms. The highest BCUT2D eigenvalue weighted by Crippen LogP contribution is 2.30. The monoisotopic (exact) mass is 836 g/mol. The molecule has 0 aromatic carbocycles. The number of carbonyl (C=O) groups is 1. The third-order valence-corrected chi connectivity index (χ3v) is 11.8. The number of unbranched alkanes of at least 4 members (excludes halogenated alkanes) is 22. The minimum absolute atomic E-state index is 0.211. The van der Waals surface area contributed by atoms with Gasteiger partial charge in [-0.2, -0.15) is 0 Å². The molecule has 2 saturated heterocycles. The van der Waals surface area contributed by atoms with Gasteiger partial charge in [0.05, 0.1) is 32.0 Å². The van der Waals surface area contributed by atoms with Crippen molar-refractivity contribution in [3.63, 3.8) is 0 Å². The maximum atomic E-state index is 13.0. The van der Waals surface area contributed by atoms with Gasteiger partial charge < -0.3 is 65.1 Å². The van der Waals surface area contributed by atoms with Gasteiger partial charge in [0.25, 0.3) is 0 Å². The van der Waals surface area contributed by atoms with Crippen LogP contribution in [0.3, 0.4) is 0 Å². The molecule has 2 fully saturated rings. The zero-order chi connectivity index (χ0) is 42.5. The van der Waals surface area contributed by atoms with Crippen molar-refractivity contribution in [1.29, 1.82) is 0 Å². The van der Waals surface area contributed by atoms with Crippen LogP contribution in [0, 0.1) is 0 Å². The predicted molar refractivity (Wildman–Crippen MR) is 222 cm³/mol. The summed E-state index contributed by atoms with van der Waals surface area (Å²) in [5.74, 6) is -0.211. The molecule has 0 bridgehead atoms. The number of hydrogen-bond donors (Lipinski definition) is 9. The SMILES string of the molecule is CCCCCCCCCCCCCCCCCC[C@@H](O)[C@H](CO[C@@H]1O[C@H](CO)[C@@H](O[C@@H]2O[C@H](CO)[C@H](O)C(O)C2O)C(O)C1O)NC(=O)CCCCCCCCCC. The van der Waals surface area contributed by atoms with Gasteiger partial charge in [-0.05, 0) is 12.8 Å². The molecular weight excluding hydrogens is 750 g/mol. The smallest absolute Gasteiger partial charge is 0.220 e. The maximum Gasteiger partial charge on any atom is 0.220 e. The van der Waals surface area contributed by atoms with E-state index >= 15 is 0 Å². The highest BCUT2D eigenvalue weighted by atomic mass is 16.7. The molecule has 4 unspecified atom stereocenters. The first-order valence-electron chi connectivity index (χ1n) is 23.3. The zero-order valence-corrected chi connectivity index (χ0v) is 36.1. The van der Waals surface area contributed by atoms with E-state index in [0.29, 0.717) is 12.8 Å². The number of hydrogen-bond acceptors (Lipinski definition) is 13. The topological polar surface area (TPSA) is 228 Å². The predicted octanol–water partition coefficient (Wildman–Crippen LogP) is 4.66. The van der Waals surface area contributed by atoms with Gasteiger partial charge in [0, 0.05) is 6.42 Å². The summed E-state index contributed by atoms with van der Waals surface area (Å²) in [5, 5.41) is 86.5. The van der Waals surface area contributed by atoms with Crippen molar-refractivity contribution in [3.8, 4) is 0 Å². The van der Waals surface area contributed by atoms with Gasteiger partial charge in [0.1, 0.15) is 48.8 Å². The molecule has 0 radical (unpaired) electrons. The molecule has 344 valence electrons. The van der Waals surface area contributed by atoms with E-state index in [1.807, 2.05) is 0 Å². The number of nitrogens with one attached hydrogen (secondary N) is 1. The Labute approximate surface area is 349 Å². The van der Waals surface area contributed by atoms with E-state index in [-0.39, 0.29) is 12.5 Å². The lowest BCUT2D eigenvalue weighted by Crippen LogP contribution is -2.65. The van der Waals surface area contributed by atoms with Gasteiger partial charge in [-0.1, -0.05) is 162 Å². The molecule has 0 spiro atoms. The second-order valence-corrected chi connectivity index (χ2v) is 16.9. The minimum atomic E-state index is -1.78. The van der Waals surface area contributed by atoms with Crippen molar-refractivity contribution in [2.24, 2.45) is 0 Å². The summed E-state index contributed by atoms with van der Waals surface area (Å²) in [5.41, 5.74) is 0. The van der Waals surface area contributed by atoms with Gasteiger partial charge in [0.15, 0.2) is 12.6 Å². The normalized spacial score (nSPS) is 28.7. The minimum Gasteiger partial charge on any atom is -0.394 e. The molecule has 12 atom stereocenters. The number of rotatable bonds is 35. The van der Waals surface area contributed by atoms with Crippen LogP contribution >= 0.6 is 0 Å². The summed E-state index contributed by atoms with van der Waals surface area (Å²) in [6.07, 6.45) is 12.7. The molecule has 58 heavy (non-hydrogen) atoms. The third-order valence-electron chi connectivity index (χ3n) is 11.8. The van der Waals surface area contributed by atoms with Crippen molar-refractivity contribution < 1.29 is 64.6 Å². The average molecular weight is 836 g/mol. The molecule has 2 heterocycles. The van der Waals surface area contributed by atoms with Crippen LogP contribution in [0.4, 0.5) is 0 Å². The summed E-state index contributed by atoms with van der Waals surface area (Å²) >= 11 is 0. The molecule has 9 N–H and O–H groups in total. The van der Waals surface area contributed by atoms with Gasteiger partial charge in [-0.25, -0.2) is 0 Å². The first kappa shape index (κ1) is 53.1. The van der Waals surface area contributed by atoms with Crippen LogP contribution in [0.5, 0.6) is 0 Å². The molecule has 2 rings (SSSR count). The molecule has 1 amide bonds. The summed E-state index contributed by atoms with van der Waals surface area (Å²) in [4.78, 5) is 13.0. The van der Waals surface area contributed by atoms with E-state index in [9.17, 15) is 45.6 Å². The fourth-order valence-corrected chi connectivity index (χ4v) is 7.94. The fraction of sp³-hybridized carbons (Fsp3) is 0.977. The van der Waals surface area contributed by atoms with E-state index < -0.39 is 86.8 Å². The Balaban J connectivity index is 1.85. The Bertz CT molecular complexity index is 993. The van der Waals surface area contributed by atoms with Crippen molar-refractivity contribution >= 4 is 5.91 Å². The van der Waals surface area contributed by atoms with Crippen molar-refractivity contribution in [1.82, 2.24) is 5.32 Å². The average Bonchev–Trinajstić information content (AvgIpc) is 3.22. The zero-order valence-electron chi connectivity index (χ0n) is 36.1. The number of amides is 1. The van der Waals surface area contributed by atoms with E-state index in [1.54, 1.807) is 0 Å². The Morgan fingerprint density at radius 2 is 0.983 bits per heavy atom. The Kier molecular flexibility index (Phi) is 29.9. The van der Waals surface area contributed by atoms with Crippen LogP contribution < -0.4 is 5.32 Å². The van der Waals surface area contributed by atoms with E-state index in [2.05, 4.69) is 19.2 Å². The number of ether oxygens (including phenoxy) is 4. The lowest BCUT2D eigenvalue weighted by molar-refractivity contribution is -0.359. The second-order valence-electron chi connectivity index (χ2n) is 16.9. The van der Waals surface area contributed by atoms with Crippen LogP contribution in [0.2, 0.25) is 0 Å². The van der Waals surface area contributed by atoms with Crippen LogP contribution in [0.25, 0.3) is 0 Å². The van der Waals surface area contributed by atoms with Gasteiger partial charge >= 0.3 is 0 Å². The van der Waals surface area contributed by atoms with Gasteiger partial charge in [-0.15, -0.1) is 0 Å². The van der Waals surface area contributed by atoms with Crippen molar-refractivity contribution in [3.05, 3.63) is 0 Å². The van der Waals surface area contributed by atoms with E-state index in [1.165, 1.54) is 103 Å². The molecule has 0 aliphatic carbocycles. The van der Waals surface area contributed by atoms with Crippen molar-refractivity contribution in [2.45, 2.75) is 254 Å². The Morgan fingerprint density at radius 3 is 1.47 bits per heavy atom. The standard InChI is InChI=1S/C44H85NO13/c1-3-5-7-9-11-13-14-15-16-17-18-19-20-21-23-25-27-33(48)32(45-36(49)28-26-24-22-12-10-8-6-4-2)31-55-43-41(54)39(52)42(35(30-47)57-43)58-44-40(53)38(51)37(50)34(29-46)56-44/h32-35,37-44,46-48,50-54H,3-31H2,1-2H3,(H,45,49)/t32-,33+,34+,35+,37-,38?,39?,40?,41?,42+,43+,44-/m0/s1. The van der Waals surface area contributed by atoms with Crippen LogP contribution in [0.1, 0.15) is 181 Å². The molecule has 2 aliphatic heterocycles. The Hall–Kier alpha value is -1.01. The lowest BCUT2D eigenvalue weighted by atomic mass is 9.97. The summed E-state index contributed by atoms with van der Waals surface area (Å²) < 4.78 is 22.7. The number of aliphatic hydroxyl groups excluding tert-OH is 8. The number of carbonyl (C=O) groups excluding carboxylic acids is 1. The maximum absolute atomic E-state index is 13.0. The molecule has 14 nitrogen and oxygen atoms in total. The molecular formula is C44H85NO13.